The van der Waals surface area contributed by atoms with Gasteiger partial charge in [0, 0.05) is 45.5 Å². The molecule has 352 valence electrons. The number of imidazole rings is 1. The van der Waals surface area contributed by atoms with Gasteiger partial charge in [0.1, 0.15) is 55.8 Å². The van der Waals surface area contributed by atoms with Crippen molar-refractivity contribution >= 4 is 23.9 Å². The van der Waals surface area contributed by atoms with Crippen LogP contribution < -0.4 is 20.7 Å². The highest BCUT2D eigenvalue weighted by molar-refractivity contribution is 5.92. The predicted molar refractivity (Wildman–Crippen MR) is 227 cm³/mol. The molecule has 5 N–H and O–H groups in total. The molecule has 3 fully saturated rings. The highest BCUT2D eigenvalue weighted by Crippen LogP contribution is 2.30. The fourth-order valence-corrected chi connectivity index (χ4v) is 8.03. The van der Waals surface area contributed by atoms with Crippen LogP contribution in [0.5, 0.6) is 5.75 Å². The normalized spacial score (nSPS) is 21.1. The van der Waals surface area contributed by atoms with Gasteiger partial charge in [-0.05, 0) is 37.0 Å². The van der Waals surface area contributed by atoms with E-state index >= 15 is 0 Å². The summed E-state index contributed by atoms with van der Waals surface area (Å²) in [5.74, 6) is -0.311. The molecule has 1 aromatic heterocycles. The van der Waals surface area contributed by atoms with E-state index in [-0.39, 0.29) is 52.0 Å². The first-order valence-electron chi connectivity index (χ1n) is 21.9. The van der Waals surface area contributed by atoms with Crippen LogP contribution in [0.3, 0.4) is 0 Å². The number of aromatic amines is 1. The van der Waals surface area contributed by atoms with Gasteiger partial charge in [-0.25, -0.2) is 14.6 Å². The molecule has 63 heavy (non-hydrogen) atoms. The molecular weight excluding hydrogens is 823 g/mol. The van der Waals surface area contributed by atoms with Crippen molar-refractivity contribution in [1.82, 2.24) is 35.7 Å². The minimum atomic E-state index is -1.20. The van der Waals surface area contributed by atoms with Crippen LogP contribution in [-0.2, 0) is 55.6 Å². The minimum absolute atomic E-state index is 0.0259. The summed E-state index contributed by atoms with van der Waals surface area (Å²) >= 11 is 0. The molecular formula is C43H67N7O13. The van der Waals surface area contributed by atoms with E-state index in [1.54, 1.807) is 51.8 Å². The summed E-state index contributed by atoms with van der Waals surface area (Å²) in [6.07, 6.45) is 5.03. The number of urea groups is 1. The van der Waals surface area contributed by atoms with Crippen molar-refractivity contribution in [2.24, 2.45) is 5.92 Å². The molecule has 0 radical (unpaired) electrons. The van der Waals surface area contributed by atoms with Crippen molar-refractivity contribution in [2.75, 3.05) is 87.5 Å². The first-order valence-corrected chi connectivity index (χ1v) is 21.9. The molecule has 0 bridgehead atoms. The number of likely N-dealkylation sites (N-methyl/N-ethyl adjacent to an activating group) is 1. The third-order valence-corrected chi connectivity index (χ3v) is 11.6. The number of cyclic esters (lactones) is 1. The zero-order chi connectivity index (χ0) is 45.0. The number of ether oxygens (including phenoxy) is 8. The molecule has 3 heterocycles. The summed E-state index contributed by atoms with van der Waals surface area (Å²) in [4.78, 5) is 65.7. The molecule has 2 aliphatic heterocycles. The van der Waals surface area contributed by atoms with Gasteiger partial charge in [-0.15, -0.1) is 0 Å². The number of likely N-dealkylation sites (tertiary alicyclic amines) is 1. The number of amides is 5. The van der Waals surface area contributed by atoms with Crippen molar-refractivity contribution in [3.63, 3.8) is 0 Å². The Morgan fingerprint density at radius 1 is 0.857 bits per heavy atom. The summed E-state index contributed by atoms with van der Waals surface area (Å²) in [5.41, 5.74) is 1.30. The lowest BCUT2D eigenvalue weighted by Gasteiger charge is -2.33. The van der Waals surface area contributed by atoms with Gasteiger partial charge in [0.05, 0.1) is 65.5 Å². The Hall–Kier alpha value is -4.57. The molecule has 2 aromatic rings. The molecule has 5 amide bonds. The zero-order valence-corrected chi connectivity index (χ0v) is 37.0. The van der Waals surface area contributed by atoms with Crippen molar-refractivity contribution in [3.8, 4) is 5.75 Å². The van der Waals surface area contributed by atoms with Gasteiger partial charge in [-0.1, -0.05) is 44.2 Å². The molecule has 20 heteroatoms. The molecule has 1 aliphatic carbocycles. The highest BCUT2D eigenvalue weighted by atomic mass is 16.7. The van der Waals surface area contributed by atoms with Gasteiger partial charge in [0.2, 0.25) is 11.8 Å². The predicted octanol–water partition coefficient (Wildman–Crippen LogP) is 1.75. The van der Waals surface area contributed by atoms with Crippen LogP contribution >= 0.6 is 0 Å². The monoisotopic (exact) mass is 889 g/mol. The molecule has 3 aliphatic rings. The molecule has 0 spiro atoms. The standard InChI is InChI=1S/C43H67N7O13/c1-5-49-25-38(63-43(49)55)39(51)33(19-29-9-7-6-8-10-29)46-41(53)35(21-31-22-44-26-45-31)47-40(52)34(20-30-11-13-32(58-4)14-12-30)48-42(54)50-23-36(61-27-59-17-15-56-2)37(24-50)62-28-60-18-16-57-3/h11-14,22,26,29,33-39,51H,5-10,15-21,23-25,27-28H2,1-4H3,(H,44,45)(H,46,53)(H,47,52)(H,48,54)/t33-,34-,35-,36-,37+,38-,39+/m0/s1. The Morgan fingerprint density at radius 3 is 2.06 bits per heavy atom. The van der Waals surface area contributed by atoms with E-state index in [2.05, 4.69) is 25.9 Å². The average molecular weight is 890 g/mol. The number of H-pyrrole nitrogens is 1. The third kappa shape index (κ3) is 15.6. The Labute approximate surface area is 369 Å². The second-order valence-corrected chi connectivity index (χ2v) is 16.1. The van der Waals surface area contributed by atoms with E-state index in [1.807, 2.05) is 6.92 Å². The van der Waals surface area contributed by atoms with Crippen LogP contribution in [0.15, 0.2) is 36.8 Å². The van der Waals surface area contributed by atoms with Gasteiger partial charge in [-0.3, -0.25) is 9.59 Å². The van der Waals surface area contributed by atoms with E-state index in [1.165, 1.54) is 16.1 Å². The van der Waals surface area contributed by atoms with E-state index < -0.39 is 66.5 Å². The van der Waals surface area contributed by atoms with Crippen LogP contribution in [-0.4, -0.2) is 179 Å². The Kier molecular flexibility index (Phi) is 20.6. The second kappa shape index (κ2) is 26.3. The van der Waals surface area contributed by atoms with Crippen molar-refractivity contribution in [2.45, 2.75) is 101 Å². The van der Waals surface area contributed by atoms with Crippen LogP contribution in [0.2, 0.25) is 0 Å². The number of hydrogen-bond acceptors (Lipinski definition) is 14. The van der Waals surface area contributed by atoms with Gasteiger partial charge >= 0.3 is 12.1 Å². The lowest BCUT2D eigenvalue weighted by Crippen LogP contribution is -2.59. The maximum Gasteiger partial charge on any atom is 0.410 e. The second-order valence-electron chi connectivity index (χ2n) is 16.1. The molecule has 5 rings (SSSR count). The molecule has 1 aromatic carbocycles. The maximum atomic E-state index is 14.5. The first-order chi connectivity index (χ1) is 30.6. The lowest BCUT2D eigenvalue weighted by molar-refractivity contribution is -0.156. The number of aliphatic hydroxyl groups is 1. The topological polar surface area (TPSA) is 234 Å². The zero-order valence-electron chi connectivity index (χ0n) is 37.0. The van der Waals surface area contributed by atoms with Gasteiger partial charge < -0.3 is 73.7 Å². The fourth-order valence-electron chi connectivity index (χ4n) is 8.03. The summed E-state index contributed by atoms with van der Waals surface area (Å²) < 4.78 is 44.0. The Balaban J connectivity index is 1.34. The number of aliphatic hydroxyl groups excluding tert-OH is 1. The fraction of sp³-hybridized carbons (Fsp3) is 0.698. The summed E-state index contributed by atoms with van der Waals surface area (Å²) in [7, 11) is 4.69. The van der Waals surface area contributed by atoms with Crippen molar-refractivity contribution < 1.29 is 62.2 Å². The number of benzene rings is 1. The summed E-state index contributed by atoms with van der Waals surface area (Å²) in [5, 5.41) is 20.6. The van der Waals surface area contributed by atoms with Crippen LogP contribution in [0.4, 0.5) is 9.59 Å². The quantitative estimate of drug-likeness (QED) is 0.0636. The van der Waals surface area contributed by atoms with Gasteiger partial charge in [-0.2, -0.15) is 0 Å². The van der Waals surface area contributed by atoms with Crippen molar-refractivity contribution in [1.29, 1.82) is 0 Å². The SMILES string of the molecule is CCN1C[C@@H]([C@H](O)[C@H](CC2CCCCC2)NC(=O)[C@H](Cc2cnc[nH]2)NC(=O)[C@H](Cc2ccc(OC)cc2)NC(=O)N2C[C@H](OCOCCOC)[C@H](OCOCCOC)C2)OC1=O. The maximum absolute atomic E-state index is 14.5. The number of methoxy groups -OCH3 is 3. The smallest absolute Gasteiger partial charge is 0.410 e. The van der Waals surface area contributed by atoms with Crippen molar-refractivity contribution in [3.05, 3.63) is 48.0 Å². The van der Waals surface area contributed by atoms with E-state index in [0.717, 1.165) is 37.7 Å². The first kappa shape index (κ1) is 49.4. The average Bonchev–Trinajstić information content (AvgIpc) is 4.06. The molecule has 20 nitrogen and oxygen atoms in total. The van der Waals surface area contributed by atoms with Crippen LogP contribution in [0.25, 0.3) is 0 Å². The molecule has 1 saturated carbocycles. The number of carbonyl (C=O) groups is 4. The van der Waals surface area contributed by atoms with E-state index in [4.69, 9.17) is 37.9 Å². The van der Waals surface area contributed by atoms with Gasteiger partial charge in [0.25, 0.3) is 0 Å². The number of rotatable bonds is 27. The number of hydrogen-bond donors (Lipinski definition) is 5. The van der Waals surface area contributed by atoms with Crippen LogP contribution in [0, 0.1) is 5.92 Å². The molecule has 7 atom stereocenters. The highest BCUT2D eigenvalue weighted by Gasteiger charge is 2.42. The van der Waals surface area contributed by atoms with Crippen LogP contribution in [0.1, 0.15) is 56.7 Å². The molecule has 0 unspecified atom stereocenters. The minimum Gasteiger partial charge on any atom is -0.497 e. The number of aromatic nitrogens is 2. The number of nitrogens with zero attached hydrogens (tertiary/aromatic N) is 3. The third-order valence-electron chi connectivity index (χ3n) is 11.6. The Morgan fingerprint density at radius 2 is 1.49 bits per heavy atom. The van der Waals surface area contributed by atoms with E-state index in [9.17, 15) is 24.3 Å². The van der Waals surface area contributed by atoms with E-state index in [0.29, 0.717) is 50.8 Å². The largest absolute Gasteiger partial charge is 0.497 e. The number of carbonyl (C=O) groups excluding carboxylic acids is 4. The lowest BCUT2D eigenvalue weighted by atomic mass is 9.83. The summed E-state index contributed by atoms with van der Waals surface area (Å²) in [6, 6.07) is 3.46. The molecule has 2 saturated heterocycles. The summed E-state index contributed by atoms with van der Waals surface area (Å²) in [6.45, 7) is 3.98. The van der Waals surface area contributed by atoms with Gasteiger partial charge in [0.15, 0.2) is 0 Å². The number of nitrogens with one attached hydrogen (secondary N) is 4. The Bertz CT molecular complexity index is 1640.